The van der Waals surface area contributed by atoms with Crippen molar-refractivity contribution in [2.45, 2.75) is 20.5 Å². The van der Waals surface area contributed by atoms with Gasteiger partial charge in [0.05, 0.1) is 12.2 Å². The summed E-state index contributed by atoms with van der Waals surface area (Å²) >= 11 is 3.39. The molecule has 146 valence electrons. The fourth-order valence-corrected chi connectivity index (χ4v) is 3.16. The molecule has 2 aromatic heterocycles. The quantitative estimate of drug-likeness (QED) is 0.414. The third-order valence-corrected chi connectivity index (χ3v) is 4.68. The molecule has 0 aliphatic rings. The van der Waals surface area contributed by atoms with E-state index in [1.807, 2.05) is 0 Å². The van der Waals surface area contributed by atoms with Crippen LogP contribution in [-0.2, 0) is 23.1 Å². The highest BCUT2D eigenvalue weighted by Gasteiger charge is 2.24. The molecule has 0 bridgehead atoms. The van der Waals surface area contributed by atoms with Crippen molar-refractivity contribution in [3.8, 4) is 0 Å². The molecule has 8 heteroatoms. The van der Waals surface area contributed by atoms with Crippen LogP contribution in [0.5, 0.6) is 0 Å². The van der Waals surface area contributed by atoms with Crippen molar-refractivity contribution in [2.75, 3.05) is 6.61 Å². The lowest BCUT2D eigenvalue weighted by molar-refractivity contribution is 0.0428. The molecule has 0 fully saturated rings. The molecule has 0 unspecified atom stereocenters. The molecule has 3 aromatic rings. The summed E-state index contributed by atoms with van der Waals surface area (Å²) in [5.74, 6) is -1.39. The minimum atomic E-state index is -0.626. The molecule has 0 amide bonds. The van der Waals surface area contributed by atoms with E-state index in [-0.39, 0.29) is 30.5 Å². The average Bonchev–Trinajstić information content (AvgIpc) is 3.20. The van der Waals surface area contributed by atoms with E-state index in [1.165, 1.54) is 17.6 Å². The van der Waals surface area contributed by atoms with Crippen molar-refractivity contribution in [2.24, 2.45) is 7.05 Å². The smallest absolute Gasteiger partial charge is 0.374 e. The molecule has 0 atom stereocenters. The first-order valence-corrected chi connectivity index (χ1v) is 9.33. The van der Waals surface area contributed by atoms with Gasteiger partial charge < -0.3 is 18.5 Å². The third-order valence-electron chi connectivity index (χ3n) is 4.18. The SMILES string of the molecule is CCOC(=O)c1oc2ccc(Br)cc2c1COC(=O)c1cc(C(C)=O)cn1C. The molecular formula is C20H18BrNO6. The Morgan fingerprint density at radius 1 is 1.14 bits per heavy atom. The van der Waals surface area contributed by atoms with Crippen LogP contribution in [0.15, 0.2) is 39.4 Å². The number of ketones is 1. The summed E-state index contributed by atoms with van der Waals surface area (Å²) in [5.41, 5.74) is 1.55. The molecule has 3 rings (SSSR count). The Morgan fingerprint density at radius 3 is 2.54 bits per heavy atom. The topological polar surface area (TPSA) is 87.7 Å². The lowest BCUT2D eigenvalue weighted by Crippen LogP contribution is -2.12. The largest absolute Gasteiger partial charge is 0.460 e. The van der Waals surface area contributed by atoms with Gasteiger partial charge in [0.25, 0.3) is 0 Å². The van der Waals surface area contributed by atoms with E-state index < -0.39 is 11.9 Å². The average molecular weight is 448 g/mol. The van der Waals surface area contributed by atoms with Crippen LogP contribution in [0.1, 0.15) is 50.8 Å². The minimum absolute atomic E-state index is 0.000874. The fourth-order valence-electron chi connectivity index (χ4n) is 2.80. The second-order valence-corrected chi connectivity index (χ2v) is 7.04. The standard InChI is InChI=1S/C20H18BrNO6/c1-4-26-20(25)18-15(14-8-13(21)5-6-17(14)28-18)10-27-19(24)16-7-12(11(2)23)9-22(16)3/h5-9H,4,10H2,1-3H3. The summed E-state index contributed by atoms with van der Waals surface area (Å²) in [5, 5.41) is 0.640. The number of nitrogens with zero attached hydrogens (tertiary/aromatic N) is 1. The zero-order valence-corrected chi connectivity index (χ0v) is 17.2. The Kier molecular flexibility index (Phi) is 5.69. The molecule has 0 saturated carbocycles. The van der Waals surface area contributed by atoms with E-state index in [0.717, 1.165) is 4.47 Å². The van der Waals surface area contributed by atoms with E-state index in [2.05, 4.69) is 15.9 Å². The maximum absolute atomic E-state index is 12.5. The number of hydrogen-bond acceptors (Lipinski definition) is 6. The maximum atomic E-state index is 12.5. The second kappa shape index (κ2) is 8.02. The maximum Gasteiger partial charge on any atom is 0.374 e. The van der Waals surface area contributed by atoms with Crippen molar-refractivity contribution < 1.29 is 28.3 Å². The van der Waals surface area contributed by atoms with Gasteiger partial charge in [-0.3, -0.25) is 4.79 Å². The summed E-state index contributed by atoms with van der Waals surface area (Å²) in [6.45, 7) is 3.12. The van der Waals surface area contributed by atoms with Crippen LogP contribution in [0.2, 0.25) is 0 Å². The Hall–Kier alpha value is -2.87. The number of Topliss-reactive ketones (excluding diaryl/α,β-unsaturated/α-hetero) is 1. The highest BCUT2D eigenvalue weighted by Crippen LogP contribution is 2.30. The molecule has 28 heavy (non-hydrogen) atoms. The highest BCUT2D eigenvalue weighted by atomic mass is 79.9. The van der Waals surface area contributed by atoms with Gasteiger partial charge in [-0.2, -0.15) is 0 Å². The zero-order valence-electron chi connectivity index (χ0n) is 15.6. The van der Waals surface area contributed by atoms with Gasteiger partial charge in [-0.15, -0.1) is 0 Å². The molecule has 0 N–H and O–H groups in total. The number of fused-ring (bicyclic) bond motifs is 1. The number of aromatic nitrogens is 1. The Balaban J connectivity index is 1.91. The summed E-state index contributed by atoms with van der Waals surface area (Å²) in [4.78, 5) is 36.3. The van der Waals surface area contributed by atoms with Crippen LogP contribution in [0.25, 0.3) is 11.0 Å². The minimum Gasteiger partial charge on any atom is -0.460 e. The van der Waals surface area contributed by atoms with Crippen LogP contribution in [0, 0.1) is 0 Å². The number of esters is 2. The monoisotopic (exact) mass is 447 g/mol. The highest BCUT2D eigenvalue weighted by molar-refractivity contribution is 9.10. The van der Waals surface area contributed by atoms with Crippen molar-refractivity contribution >= 4 is 44.6 Å². The summed E-state index contributed by atoms with van der Waals surface area (Å²) < 4.78 is 18.4. The number of benzene rings is 1. The summed E-state index contributed by atoms with van der Waals surface area (Å²) in [7, 11) is 1.65. The third kappa shape index (κ3) is 3.87. The zero-order chi connectivity index (χ0) is 20.4. The van der Waals surface area contributed by atoms with Crippen LogP contribution < -0.4 is 0 Å². The number of ether oxygens (including phenoxy) is 2. The predicted octanol–water partition coefficient (Wildman–Crippen LogP) is 4.27. The number of aryl methyl sites for hydroxylation is 1. The first kappa shape index (κ1) is 19.9. The van der Waals surface area contributed by atoms with Crippen molar-refractivity contribution in [1.82, 2.24) is 4.57 Å². The van der Waals surface area contributed by atoms with E-state index in [9.17, 15) is 14.4 Å². The van der Waals surface area contributed by atoms with Gasteiger partial charge >= 0.3 is 11.9 Å². The molecular weight excluding hydrogens is 430 g/mol. The normalized spacial score (nSPS) is 10.9. The van der Waals surface area contributed by atoms with Gasteiger partial charge in [0.15, 0.2) is 5.78 Å². The van der Waals surface area contributed by atoms with E-state index in [1.54, 1.807) is 38.4 Å². The molecule has 1 aromatic carbocycles. The predicted molar refractivity (Wildman–Crippen MR) is 104 cm³/mol. The Bertz CT molecular complexity index is 1080. The number of carbonyl (C=O) groups is 3. The van der Waals surface area contributed by atoms with Crippen LogP contribution >= 0.6 is 15.9 Å². The summed E-state index contributed by atoms with van der Waals surface area (Å²) in [6, 6.07) is 6.75. The number of halogens is 1. The number of hydrogen-bond donors (Lipinski definition) is 0. The molecule has 7 nitrogen and oxygen atoms in total. The van der Waals surface area contributed by atoms with Gasteiger partial charge in [-0.05, 0) is 38.1 Å². The number of rotatable bonds is 6. The lowest BCUT2D eigenvalue weighted by Gasteiger charge is -2.06. The fraction of sp³-hybridized carbons (Fsp3) is 0.250. The number of furan rings is 1. The van der Waals surface area contributed by atoms with Crippen LogP contribution in [0.4, 0.5) is 0 Å². The first-order chi connectivity index (χ1) is 13.3. The van der Waals surface area contributed by atoms with Crippen LogP contribution in [-0.4, -0.2) is 28.9 Å². The Morgan fingerprint density at radius 2 is 1.89 bits per heavy atom. The van der Waals surface area contributed by atoms with E-state index >= 15 is 0 Å². The lowest BCUT2D eigenvalue weighted by atomic mass is 10.1. The van der Waals surface area contributed by atoms with Crippen molar-refractivity contribution in [3.05, 3.63) is 57.5 Å². The number of carbonyl (C=O) groups excluding carboxylic acids is 3. The first-order valence-electron chi connectivity index (χ1n) is 8.54. The molecule has 0 saturated heterocycles. The van der Waals surface area contributed by atoms with Crippen molar-refractivity contribution in [3.63, 3.8) is 0 Å². The molecule has 0 radical (unpaired) electrons. The van der Waals surface area contributed by atoms with Crippen LogP contribution in [0.3, 0.4) is 0 Å². The second-order valence-electron chi connectivity index (χ2n) is 6.13. The van der Waals surface area contributed by atoms with Gasteiger partial charge in [0, 0.05) is 28.7 Å². The van der Waals surface area contributed by atoms with Gasteiger partial charge in [0.1, 0.15) is 17.9 Å². The van der Waals surface area contributed by atoms with E-state index in [4.69, 9.17) is 13.9 Å². The molecule has 0 aliphatic heterocycles. The molecule has 2 heterocycles. The van der Waals surface area contributed by atoms with Crippen molar-refractivity contribution in [1.29, 1.82) is 0 Å². The van der Waals surface area contributed by atoms with E-state index in [0.29, 0.717) is 22.1 Å². The summed E-state index contributed by atoms with van der Waals surface area (Å²) in [6.07, 6.45) is 1.56. The van der Waals surface area contributed by atoms with Gasteiger partial charge in [-0.25, -0.2) is 9.59 Å². The molecule has 0 aliphatic carbocycles. The van der Waals surface area contributed by atoms with Gasteiger partial charge in [-0.1, -0.05) is 15.9 Å². The Labute approximate surface area is 169 Å². The van der Waals surface area contributed by atoms with Gasteiger partial charge in [0.2, 0.25) is 5.76 Å². The molecule has 0 spiro atoms.